The molecule has 62 valence electrons. The summed E-state index contributed by atoms with van der Waals surface area (Å²) in [4.78, 5) is 5.69. The SMILES string of the molecule is c1csc(CCc2nccs2)c1. The van der Waals surface area contributed by atoms with Crippen molar-refractivity contribution in [3.63, 3.8) is 0 Å². The minimum atomic E-state index is 1.08. The van der Waals surface area contributed by atoms with Crippen LogP contribution in [0, 0.1) is 0 Å². The first-order valence-corrected chi connectivity index (χ1v) is 5.62. The molecule has 3 heteroatoms. The van der Waals surface area contributed by atoms with E-state index in [9.17, 15) is 0 Å². The molecule has 2 rings (SSSR count). The van der Waals surface area contributed by atoms with Crippen molar-refractivity contribution in [2.24, 2.45) is 0 Å². The van der Waals surface area contributed by atoms with Crippen LogP contribution >= 0.6 is 22.7 Å². The summed E-state index contributed by atoms with van der Waals surface area (Å²) >= 11 is 3.56. The zero-order valence-electron chi connectivity index (χ0n) is 6.56. The van der Waals surface area contributed by atoms with Gasteiger partial charge < -0.3 is 0 Å². The molecule has 0 radical (unpaired) electrons. The van der Waals surface area contributed by atoms with Crippen molar-refractivity contribution in [3.8, 4) is 0 Å². The first-order valence-electron chi connectivity index (χ1n) is 3.86. The van der Waals surface area contributed by atoms with Crippen LogP contribution in [0.1, 0.15) is 9.88 Å². The first kappa shape index (κ1) is 7.95. The lowest BCUT2D eigenvalue weighted by Crippen LogP contribution is -1.86. The lowest BCUT2D eigenvalue weighted by Gasteiger charge is -1.92. The van der Waals surface area contributed by atoms with Gasteiger partial charge in [0.2, 0.25) is 0 Å². The van der Waals surface area contributed by atoms with E-state index in [1.165, 1.54) is 9.88 Å². The van der Waals surface area contributed by atoms with E-state index < -0.39 is 0 Å². The van der Waals surface area contributed by atoms with Gasteiger partial charge in [-0.05, 0) is 17.9 Å². The summed E-state index contributed by atoms with van der Waals surface area (Å²) in [6.07, 6.45) is 4.08. The van der Waals surface area contributed by atoms with E-state index in [4.69, 9.17) is 0 Å². The highest BCUT2D eigenvalue weighted by atomic mass is 32.1. The molecule has 0 unspecified atom stereocenters. The standard InChI is InChI=1S/C9H9NS2/c1-2-8(11-6-1)3-4-9-10-5-7-12-9/h1-2,5-7H,3-4H2. The average Bonchev–Trinajstić information content (AvgIpc) is 2.74. The van der Waals surface area contributed by atoms with E-state index in [0.717, 1.165) is 12.8 Å². The predicted molar refractivity (Wildman–Crippen MR) is 53.8 cm³/mol. The van der Waals surface area contributed by atoms with E-state index in [0.29, 0.717) is 0 Å². The third kappa shape index (κ3) is 1.93. The number of thiophene rings is 1. The van der Waals surface area contributed by atoms with Crippen molar-refractivity contribution in [2.45, 2.75) is 12.8 Å². The number of nitrogens with zero attached hydrogens (tertiary/aromatic N) is 1. The highest BCUT2D eigenvalue weighted by molar-refractivity contribution is 7.10. The smallest absolute Gasteiger partial charge is 0.0928 e. The van der Waals surface area contributed by atoms with Gasteiger partial charge in [-0.3, -0.25) is 0 Å². The molecule has 0 spiro atoms. The van der Waals surface area contributed by atoms with Gasteiger partial charge in [-0.25, -0.2) is 4.98 Å². The number of rotatable bonds is 3. The molecule has 0 aliphatic carbocycles. The molecule has 0 aliphatic rings. The largest absolute Gasteiger partial charge is 0.250 e. The molecule has 0 bridgehead atoms. The van der Waals surface area contributed by atoms with E-state index in [-0.39, 0.29) is 0 Å². The van der Waals surface area contributed by atoms with Crippen LogP contribution in [0.3, 0.4) is 0 Å². The van der Waals surface area contributed by atoms with Gasteiger partial charge in [-0.1, -0.05) is 6.07 Å². The fourth-order valence-corrected chi connectivity index (χ4v) is 2.39. The van der Waals surface area contributed by atoms with Crippen LogP contribution in [-0.4, -0.2) is 4.98 Å². The second-order valence-corrected chi connectivity index (χ2v) is 4.52. The van der Waals surface area contributed by atoms with Gasteiger partial charge in [0.05, 0.1) is 5.01 Å². The Kier molecular flexibility index (Phi) is 2.54. The Labute approximate surface area is 79.7 Å². The third-order valence-corrected chi connectivity index (χ3v) is 3.42. The van der Waals surface area contributed by atoms with Gasteiger partial charge >= 0.3 is 0 Å². The predicted octanol–water partition coefficient (Wildman–Crippen LogP) is 2.99. The van der Waals surface area contributed by atoms with Crippen LogP contribution in [0.25, 0.3) is 0 Å². The van der Waals surface area contributed by atoms with Crippen LogP contribution in [0.4, 0.5) is 0 Å². The zero-order valence-corrected chi connectivity index (χ0v) is 8.20. The normalized spacial score (nSPS) is 10.3. The molecule has 2 aromatic rings. The van der Waals surface area contributed by atoms with Crippen LogP contribution in [-0.2, 0) is 12.8 Å². The fraction of sp³-hybridized carbons (Fsp3) is 0.222. The van der Waals surface area contributed by atoms with Crippen LogP contribution in [0.15, 0.2) is 29.1 Å². The highest BCUT2D eigenvalue weighted by Gasteiger charge is 1.97. The van der Waals surface area contributed by atoms with E-state index >= 15 is 0 Å². The fourth-order valence-electron chi connectivity index (χ4n) is 1.06. The third-order valence-electron chi connectivity index (χ3n) is 1.65. The number of thiazole rings is 1. The monoisotopic (exact) mass is 195 g/mol. The van der Waals surface area contributed by atoms with Gasteiger partial charge in [0.15, 0.2) is 0 Å². The molecule has 0 atom stereocenters. The maximum absolute atomic E-state index is 4.24. The van der Waals surface area contributed by atoms with Gasteiger partial charge in [-0.15, -0.1) is 22.7 Å². The molecule has 0 saturated heterocycles. The summed E-state index contributed by atoms with van der Waals surface area (Å²) in [5.41, 5.74) is 0. The topological polar surface area (TPSA) is 12.9 Å². The van der Waals surface area contributed by atoms with Gasteiger partial charge in [-0.2, -0.15) is 0 Å². The minimum Gasteiger partial charge on any atom is -0.250 e. The van der Waals surface area contributed by atoms with Crippen molar-refractivity contribution in [1.29, 1.82) is 0 Å². The number of aryl methyl sites for hydroxylation is 2. The summed E-state index contributed by atoms with van der Waals surface area (Å²) in [5.74, 6) is 0. The Balaban J connectivity index is 1.91. The van der Waals surface area contributed by atoms with Crippen molar-refractivity contribution < 1.29 is 0 Å². The molecular formula is C9H9NS2. The molecular weight excluding hydrogens is 186 g/mol. The Morgan fingerprint density at radius 2 is 2.17 bits per heavy atom. The van der Waals surface area contributed by atoms with Crippen LogP contribution in [0.5, 0.6) is 0 Å². The highest BCUT2D eigenvalue weighted by Crippen LogP contribution is 2.13. The first-order chi connectivity index (χ1) is 5.95. The maximum atomic E-state index is 4.24. The Morgan fingerprint density at radius 1 is 1.17 bits per heavy atom. The summed E-state index contributed by atoms with van der Waals surface area (Å²) in [7, 11) is 0. The molecule has 2 aromatic heterocycles. The maximum Gasteiger partial charge on any atom is 0.0928 e. The second kappa shape index (κ2) is 3.83. The summed E-state index contributed by atoms with van der Waals surface area (Å²) in [5, 5.41) is 5.39. The average molecular weight is 195 g/mol. The lowest BCUT2D eigenvalue weighted by molar-refractivity contribution is 0.962. The summed E-state index contributed by atoms with van der Waals surface area (Å²) in [6, 6.07) is 4.28. The number of aromatic nitrogens is 1. The lowest BCUT2D eigenvalue weighted by atomic mass is 10.3. The number of hydrogen-bond donors (Lipinski definition) is 0. The van der Waals surface area contributed by atoms with Gasteiger partial charge in [0.25, 0.3) is 0 Å². The quantitative estimate of drug-likeness (QED) is 0.733. The molecule has 1 nitrogen and oxygen atoms in total. The molecule has 0 N–H and O–H groups in total. The van der Waals surface area contributed by atoms with Crippen LogP contribution in [0.2, 0.25) is 0 Å². The number of hydrogen-bond acceptors (Lipinski definition) is 3. The van der Waals surface area contributed by atoms with Gasteiger partial charge in [0.1, 0.15) is 0 Å². The van der Waals surface area contributed by atoms with Crippen molar-refractivity contribution >= 4 is 22.7 Å². The second-order valence-electron chi connectivity index (χ2n) is 2.51. The van der Waals surface area contributed by atoms with Crippen molar-refractivity contribution in [2.75, 3.05) is 0 Å². The van der Waals surface area contributed by atoms with Crippen molar-refractivity contribution in [1.82, 2.24) is 4.98 Å². The Hall–Kier alpha value is -0.670. The Bertz CT molecular complexity index is 276. The molecule has 2 heterocycles. The van der Waals surface area contributed by atoms with Crippen molar-refractivity contribution in [3.05, 3.63) is 39.0 Å². The molecule has 0 aromatic carbocycles. The summed E-state index contributed by atoms with van der Waals surface area (Å²) < 4.78 is 0. The van der Waals surface area contributed by atoms with Crippen LogP contribution < -0.4 is 0 Å². The molecule has 0 aliphatic heterocycles. The Morgan fingerprint density at radius 3 is 2.83 bits per heavy atom. The summed E-state index contributed by atoms with van der Waals surface area (Å²) in [6.45, 7) is 0. The molecule has 0 amide bonds. The van der Waals surface area contributed by atoms with E-state index in [1.54, 1.807) is 11.3 Å². The molecule has 0 saturated carbocycles. The minimum absolute atomic E-state index is 1.08. The molecule has 12 heavy (non-hydrogen) atoms. The molecule has 0 fully saturated rings. The zero-order chi connectivity index (χ0) is 8.23. The van der Waals surface area contributed by atoms with E-state index in [1.807, 2.05) is 22.9 Å². The van der Waals surface area contributed by atoms with Gasteiger partial charge in [0, 0.05) is 22.9 Å². The van der Waals surface area contributed by atoms with E-state index in [2.05, 4.69) is 22.5 Å².